The summed E-state index contributed by atoms with van der Waals surface area (Å²) in [4.78, 5) is 12.6. The summed E-state index contributed by atoms with van der Waals surface area (Å²) in [6, 6.07) is 10.7. The Bertz CT molecular complexity index is 794. The highest BCUT2D eigenvalue weighted by atomic mass is 32.2. The molecule has 2 heterocycles. The van der Waals surface area contributed by atoms with Gasteiger partial charge in [-0.25, -0.2) is 4.98 Å². The number of fused-ring (bicyclic) bond motifs is 1. The van der Waals surface area contributed by atoms with Crippen molar-refractivity contribution in [1.29, 1.82) is 0 Å². The molecule has 0 spiro atoms. The number of aryl methyl sites for hydroxylation is 1. The molecule has 0 saturated heterocycles. The molecule has 3 nitrogen and oxygen atoms in total. The molecule has 3 rings (SSSR count). The highest BCUT2D eigenvalue weighted by Gasteiger charge is 2.06. The van der Waals surface area contributed by atoms with Crippen molar-refractivity contribution >= 4 is 22.8 Å². The summed E-state index contributed by atoms with van der Waals surface area (Å²) in [5.74, 6) is 1.14. The van der Waals surface area contributed by atoms with Gasteiger partial charge in [-0.2, -0.15) is 0 Å². The summed E-state index contributed by atoms with van der Waals surface area (Å²) in [5.41, 5.74) is 5.68. The largest absolute Gasteiger partial charge is 0.333 e. The van der Waals surface area contributed by atoms with Crippen LogP contribution in [-0.4, -0.2) is 20.7 Å². The van der Waals surface area contributed by atoms with E-state index in [4.69, 9.17) is 4.98 Å². The van der Waals surface area contributed by atoms with E-state index in [0.717, 1.165) is 34.1 Å². The Morgan fingerprint density at radius 2 is 1.88 bits per heavy atom. The summed E-state index contributed by atoms with van der Waals surface area (Å²) in [6.45, 7) is 4.38. The first kappa shape index (κ1) is 17.0. The lowest BCUT2D eigenvalue weighted by molar-refractivity contribution is 0.706. The Labute approximate surface area is 148 Å². The van der Waals surface area contributed by atoms with Crippen molar-refractivity contribution in [3.8, 4) is 11.1 Å². The fraction of sp³-hybridized carbons (Fsp3) is 0.400. The van der Waals surface area contributed by atoms with Gasteiger partial charge in [-0.05, 0) is 48.2 Å². The molecule has 1 N–H and O–H groups in total. The maximum atomic E-state index is 4.75. The van der Waals surface area contributed by atoms with Crippen molar-refractivity contribution in [2.75, 3.05) is 5.75 Å². The number of aromatic nitrogens is 3. The number of thioether (sulfide) groups is 1. The first-order valence-corrected chi connectivity index (χ1v) is 9.86. The molecule has 126 valence electrons. The van der Waals surface area contributed by atoms with E-state index in [0.29, 0.717) is 0 Å². The molecular weight excluding hydrogens is 314 g/mol. The minimum atomic E-state index is 0.956. The molecule has 24 heavy (non-hydrogen) atoms. The van der Waals surface area contributed by atoms with Gasteiger partial charge in [-0.15, -0.1) is 0 Å². The normalized spacial score (nSPS) is 11.2. The molecule has 0 amide bonds. The van der Waals surface area contributed by atoms with Gasteiger partial charge in [0.2, 0.25) is 0 Å². The number of hydrogen-bond donors (Lipinski definition) is 1. The van der Waals surface area contributed by atoms with E-state index in [2.05, 4.69) is 54.1 Å². The summed E-state index contributed by atoms with van der Waals surface area (Å²) < 4.78 is 0. The monoisotopic (exact) mass is 339 g/mol. The summed E-state index contributed by atoms with van der Waals surface area (Å²) >= 11 is 1.83. The first-order chi connectivity index (χ1) is 11.8. The maximum absolute atomic E-state index is 4.75. The molecule has 3 aromatic rings. The smallest absolute Gasteiger partial charge is 0.166 e. The van der Waals surface area contributed by atoms with E-state index in [9.17, 15) is 0 Å². The SMILES string of the molecule is CCCCCCSc1nc2cc(-c3ccnc(CC)c3)ccc2[nH]1. The van der Waals surface area contributed by atoms with Crippen LogP contribution in [0.5, 0.6) is 0 Å². The van der Waals surface area contributed by atoms with Gasteiger partial charge in [-0.3, -0.25) is 4.98 Å². The first-order valence-electron chi connectivity index (χ1n) is 8.88. The molecule has 0 atom stereocenters. The van der Waals surface area contributed by atoms with Crippen LogP contribution >= 0.6 is 11.8 Å². The average Bonchev–Trinajstić information content (AvgIpc) is 3.03. The zero-order valence-corrected chi connectivity index (χ0v) is 15.3. The molecule has 4 heteroatoms. The Morgan fingerprint density at radius 3 is 2.71 bits per heavy atom. The number of nitrogens with zero attached hydrogens (tertiary/aromatic N) is 2. The Kier molecular flexibility index (Phi) is 5.91. The summed E-state index contributed by atoms with van der Waals surface area (Å²) in [5, 5.41) is 1.03. The molecule has 0 aliphatic rings. The molecule has 0 saturated carbocycles. The van der Waals surface area contributed by atoms with Crippen molar-refractivity contribution in [3.05, 3.63) is 42.2 Å². The molecule has 0 radical (unpaired) electrons. The third-order valence-electron chi connectivity index (χ3n) is 4.21. The molecule has 2 aromatic heterocycles. The number of unbranched alkanes of at least 4 members (excludes halogenated alkanes) is 3. The van der Waals surface area contributed by atoms with Crippen molar-refractivity contribution in [2.45, 2.75) is 51.1 Å². The number of pyridine rings is 1. The number of imidazole rings is 1. The molecular formula is C20H25N3S. The number of aromatic amines is 1. The van der Waals surface area contributed by atoms with E-state index in [-0.39, 0.29) is 0 Å². The minimum Gasteiger partial charge on any atom is -0.333 e. The average molecular weight is 340 g/mol. The van der Waals surface area contributed by atoms with Gasteiger partial charge in [0.25, 0.3) is 0 Å². The second-order valence-electron chi connectivity index (χ2n) is 6.07. The Balaban J connectivity index is 1.73. The van der Waals surface area contributed by atoms with Crippen molar-refractivity contribution < 1.29 is 0 Å². The summed E-state index contributed by atoms with van der Waals surface area (Å²) in [6.07, 6.45) is 8.04. The molecule has 0 aliphatic heterocycles. The van der Waals surface area contributed by atoms with Crippen LogP contribution in [0.2, 0.25) is 0 Å². The number of hydrogen-bond acceptors (Lipinski definition) is 3. The molecule has 0 bridgehead atoms. The van der Waals surface area contributed by atoms with Crippen LogP contribution in [0.1, 0.15) is 45.2 Å². The van der Waals surface area contributed by atoms with E-state index < -0.39 is 0 Å². The third-order valence-corrected chi connectivity index (χ3v) is 5.17. The van der Waals surface area contributed by atoms with Crippen LogP contribution in [0.25, 0.3) is 22.2 Å². The lowest BCUT2D eigenvalue weighted by atomic mass is 10.1. The topological polar surface area (TPSA) is 41.6 Å². The van der Waals surface area contributed by atoms with Gasteiger partial charge < -0.3 is 4.98 Å². The van der Waals surface area contributed by atoms with Crippen LogP contribution in [-0.2, 0) is 6.42 Å². The zero-order valence-electron chi connectivity index (χ0n) is 14.5. The predicted octanol–water partition coefficient (Wildman–Crippen LogP) is 5.86. The molecule has 1 aromatic carbocycles. The maximum Gasteiger partial charge on any atom is 0.166 e. The van der Waals surface area contributed by atoms with E-state index in [1.165, 1.54) is 36.8 Å². The highest BCUT2D eigenvalue weighted by Crippen LogP contribution is 2.26. The van der Waals surface area contributed by atoms with Crippen molar-refractivity contribution in [1.82, 2.24) is 15.0 Å². The van der Waals surface area contributed by atoms with E-state index in [1.807, 2.05) is 18.0 Å². The molecule has 0 fully saturated rings. The van der Waals surface area contributed by atoms with Crippen LogP contribution in [0.15, 0.2) is 41.7 Å². The van der Waals surface area contributed by atoms with Gasteiger partial charge in [0.05, 0.1) is 11.0 Å². The second-order valence-corrected chi connectivity index (χ2v) is 7.16. The Morgan fingerprint density at radius 1 is 1.00 bits per heavy atom. The van der Waals surface area contributed by atoms with E-state index in [1.54, 1.807) is 0 Å². The second kappa shape index (κ2) is 8.34. The highest BCUT2D eigenvalue weighted by molar-refractivity contribution is 7.99. The fourth-order valence-electron chi connectivity index (χ4n) is 2.78. The molecule has 0 unspecified atom stereocenters. The number of benzene rings is 1. The van der Waals surface area contributed by atoms with Gasteiger partial charge in [0, 0.05) is 17.6 Å². The van der Waals surface area contributed by atoms with Crippen LogP contribution < -0.4 is 0 Å². The summed E-state index contributed by atoms with van der Waals surface area (Å²) in [7, 11) is 0. The van der Waals surface area contributed by atoms with Gasteiger partial charge in [0.1, 0.15) is 0 Å². The fourth-order valence-corrected chi connectivity index (χ4v) is 3.67. The van der Waals surface area contributed by atoms with Crippen molar-refractivity contribution in [3.63, 3.8) is 0 Å². The quantitative estimate of drug-likeness (QED) is 0.413. The zero-order chi connectivity index (χ0) is 16.8. The lowest BCUT2D eigenvalue weighted by Gasteiger charge is -2.03. The van der Waals surface area contributed by atoms with Crippen LogP contribution in [0, 0.1) is 0 Å². The standard InChI is InChI=1S/C20H25N3S/c1-3-5-6-7-12-24-20-22-18-9-8-15(14-19(18)23-20)16-10-11-21-17(4-2)13-16/h8-11,13-14H,3-7,12H2,1-2H3,(H,22,23). The van der Waals surface area contributed by atoms with Crippen LogP contribution in [0.3, 0.4) is 0 Å². The lowest BCUT2D eigenvalue weighted by Crippen LogP contribution is -1.87. The van der Waals surface area contributed by atoms with Gasteiger partial charge >= 0.3 is 0 Å². The number of nitrogens with one attached hydrogen (secondary N) is 1. The van der Waals surface area contributed by atoms with Crippen LogP contribution in [0.4, 0.5) is 0 Å². The number of H-pyrrole nitrogens is 1. The minimum absolute atomic E-state index is 0.956. The van der Waals surface area contributed by atoms with Gasteiger partial charge in [-0.1, -0.05) is 50.9 Å². The van der Waals surface area contributed by atoms with Crippen molar-refractivity contribution in [2.24, 2.45) is 0 Å². The van der Waals surface area contributed by atoms with Gasteiger partial charge in [0.15, 0.2) is 5.16 Å². The predicted molar refractivity (Wildman–Crippen MR) is 104 cm³/mol. The number of rotatable bonds is 8. The van der Waals surface area contributed by atoms with E-state index >= 15 is 0 Å². The third kappa shape index (κ3) is 4.18. The molecule has 0 aliphatic carbocycles. The Hall–Kier alpha value is -1.81.